The van der Waals surface area contributed by atoms with Crippen LogP contribution in [0.25, 0.3) is 0 Å². The zero-order chi connectivity index (χ0) is 14.8. The van der Waals surface area contributed by atoms with Crippen molar-refractivity contribution in [3.05, 3.63) is 24.0 Å². The molecule has 1 heterocycles. The van der Waals surface area contributed by atoms with Crippen LogP contribution in [0.4, 0.5) is 15.8 Å². The lowest BCUT2D eigenvalue weighted by Gasteiger charge is -2.40. The van der Waals surface area contributed by atoms with E-state index in [1.165, 1.54) is 12.1 Å². The molecule has 7 heteroatoms. The van der Waals surface area contributed by atoms with E-state index in [1.807, 2.05) is 22.9 Å². The third-order valence-corrected chi connectivity index (χ3v) is 4.55. The first-order chi connectivity index (χ1) is 9.52. The predicted molar refractivity (Wildman–Crippen MR) is 86.5 cm³/mol. The summed E-state index contributed by atoms with van der Waals surface area (Å²) in [5.74, 6) is -0.586. The van der Waals surface area contributed by atoms with E-state index in [0.717, 1.165) is 11.4 Å². The Hall–Kier alpha value is -1.09. The van der Waals surface area contributed by atoms with E-state index in [-0.39, 0.29) is 11.7 Å². The van der Waals surface area contributed by atoms with Crippen LogP contribution in [0.5, 0.6) is 0 Å². The first-order valence-electron chi connectivity index (χ1n) is 6.42. The highest BCUT2D eigenvalue weighted by Crippen LogP contribution is 2.32. The van der Waals surface area contributed by atoms with Crippen molar-refractivity contribution in [1.82, 2.24) is 5.32 Å². The van der Waals surface area contributed by atoms with Crippen LogP contribution >= 0.6 is 22.9 Å². The maximum Gasteiger partial charge on any atom is 0.237 e. The van der Waals surface area contributed by atoms with Crippen LogP contribution in [0.1, 0.15) is 12.8 Å². The summed E-state index contributed by atoms with van der Waals surface area (Å²) in [6.07, 6.45) is 1.27. The molecule has 1 aromatic carbocycles. The van der Waals surface area contributed by atoms with Crippen LogP contribution in [0.3, 0.4) is 0 Å². The average Bonchev–Trinajstić information content (AvgIpc) is 2.47. The average molecular weight is 392 g/mol. The molecular formula is C13H18FIN4O. The maximum atomic E-state index is 13.3. The van der Waals surface area contributed by atoms with Crippen molar-refractivity contribution < 1.29 is 9.18 Å². The third-order valence-electron chi connectivity index (χ3n) is 3.97. The van der Waals surface area contributed by atoms with Crippen molar-refractivity contribution in [2.45, 2.75) is 18.4 Å². The number of nitrogens with zero attached hydrogens (tertiary/aromatic N) is 1. The number of nitrogens with two attached hydrogens (primary N) is 1. The number of carbonyl (C=O) groups excluding carboxylic acids is 1. The van der Waals surface area contributed by atoms with Crippen LogP contribution in [0.15, 0.2) is 18.2 Å². The molecule has 5 nitrogen and oxygen atoms in total. The highest BCUT2D eigenvalue weighted by molar-refractivity contribution is 14.1. The van der Waals surface area contributed by atoms with E-state index in [0.29, 0.717) is 25.9 Å². The van der Waals surface area contributed by atoms with E-state index >= 15 is 0 Å². The van der Waals surface area contributed by atoms with Gasteiger partial charge in [-0.2, -0.15) is 0 Å². The van der Waals surface area contributed by atoms with Crippen molar-refractivity contribution >= 4 is 40.1 Å². The number of likely N-dealkylation sites (N-methyl/N-ethyl adjacent to an activating group) is 1. The number of benzene rings is 1. The molecule has 0 unspecified atom stereocenters. The van der Waals surface area contributed by atoms with Crippen molar-refractivity contribution in [3.8, 4) is 0 Å². The Morgan fingerprint density at radius 1 is 1.45 bits per heavy atom. The number of primary amides is 1. The van der Waals surface area contributed by atoms with Crippen LogP contribution in [-0.2, 0) is 4.79 Å². The number of carbonyl (C=O) groups is 1. The maximum absolute atomic E-state index is 13.3. The van der Waals surface area contributed by atoms with Crippen LogP contribution in [0, 0.1) is 5.82 Å². The third kappa shape index (κ3) is 2.83. The molecule has 1 saturated heterocycles. The molecule has 1 aliphatic heterocycles. The van der Waals surface area contributed by atoms with Gasteiger partial charge in [-0.05, 0) is 38.1 Å². The number of hydrogen-bond acceptors (Lipinski definition) is 4. The fourth-order valence-corrected chi connectivity index (χ4v) is 3.04. The Morgan fingerprint density at radius 2 is 2.10 bits per heavy atom. The lowest BCUT2D eigenvalue weighted by Crippen LogP contribution is -2.59. The first kappa shape index (κ1) is 15.3. The van der Waals surface area contributed by atoms with Crippen molar-refractivity contribution in [3.63, 3.8) is 0 Å². The number of hydrogen-bond donors (Lipinski definition) is 3. The molecule has 0 bridgehead atoms. The molecule has 110 valence electrons. The monoisotopic (exact) mass is 392 g/mol. The zero-order valence-corrected chi connectivity index (χ0v) is 13.4. The highest BCUT2D eigenvalue weighted by atomic mass is 127. The molecule has 0 saturated carbocycles. The van der Waals surface area contributed by atoms with Gasteiger partial charge in [0.2, 0.25) is 5.91 Å². The number of halogens is 2. The van der Waals surface area contributed by atoms with Gasteiger partial charge in [-0.15, -0.1) is 0 Å². The Morgan fingerprint density at radius 3 is 2.60 bits per heavy atom. The Kier molecular flexibility index (Phi) is 4.69. The number of anilines is 2. The molecule has 2 rings (SSSR count). The van der Waals surface area contributed by atoms with E-state index in [9.17, 15) is 9.18 Å². The second-order valence-corrected chi connectivity index (χ2v) is 5.48. The highest BCUT2D eigenvalue weighted by Gasteiger charge is 2.38. The molecule has 1 fully saturated rings. The Bertz CT molecular complexity index is 503. The number of nitrogens with one attached hydrogen (secondary N) is 2. The molecule has 1 aliphatic rings. The summed E-state index contributed by atoms with van der Waals surface area (Å²) >= 11 is 1.99. The minimum absolute atomic E-state index is 0.272. The Labute approximate surface area is 131 Å². The van der Waals surface area contributed by atoms with Gasteiger partial charge in [-0.25, -0.2) is 4.39 Å². The molecule has 0 spiro atoms. The summed E-state index contributed by atoms with van der Waals surface area (Å²) in [4.78, 5) is 13.7. The molecule has 1 aromatic rings. The molecular weight excluding hydrogens is 374 g/mol. The van der Waals surface area contributed by atoms with Crippen LogP contribution in [-0.4, -0.2) is 31.6 Å². The minimum atomic E-state index is -0.631. The largest absolute Gasteiger partial charge is 0.370 e. The second kappa shape index (κ2) is 6.13. The number of piperidine rings is 1. The molecule has 1 amide bonds. The summed E-state index contributed by atoms with van der Waals surface area (Å²) in [6.45, 7) is 1.39. The molecule has 0 aliphatic carbocycles. The van der Waals surface area contributed by atoms with E-state index < -0.39 is 5.54 Å². The van der Waals surface area contributed by atoms with E-state index in [4.69, 9.17) is 5.73 Å². The first-order valence-corrected chi connectivity index (χ1v) is 7.50. The van der Waals surface area contributed by atoms with Gasteiger partial charge in [-0.3, -0.25) is 4.79 Å². The molecule has 20 heavy (non-hydrogen) atoms. The van der Waals surface area contributed by atoms with Gasteiger partial charge in [-0.1, -0.05) is 0 Å². The summed E-state index contributed by atoms with van der Waals surface area (Å²) in [7, 11) is 1.76. The van der Waals surface area contributed by atoms with Crippen molar-refractivity contribution in [2.75, 3.05) is 28.6 Å². The zero-order valence-electron chi connectivity index (χ0n) is 11.2. The van der Waals surface area contributed by atoms with Crippen LogP contribution < -0.4 is 19.5 Å². The van der Waals surface area contributed by atoms with Gasteiger partial charge in [0.25, 0.3) is 0 Å². The van der Waals surface area contributed by atoms with Gasteiger partial charge in [0, 0.05) is 13.1 Å². The predicted octanol–water partition coefficient (Wildman–Crippen LogP) is 1.63. The number of amides is 1. The number of rotatable bonds is 4. The van der Waals surface area contributed by atoms with Gasteiger partial charge < -0.3 is 19.5 Å². The van der Waals surface area contributed by atoms with Gasteiger partial charge >= 0.3 is 0 Å². The lowest BCUT2D eigenvalue weighted by atomic mass is 9.86. The molecule has 0 radical (unpaired) electrons. The summed E-state index contributed by atoms with van der Waals surface area (Å²) in [6, 6.07) is 4.67. The molecule has 4 N–H and O–H groups in total. The fraction of sp³-hybridized carbons (Fsp3) is 0.462. The van der Waals surface area contributed by atoms with Crippen LogP contribution in [0.2, 0.25) is 0 Å². The topological polar surface area (TPSA) is 70.4 Å². The van der Waals surface area contributed by atoms with E-state index in [1.54, 1.807) is 13.1 Å². The van der Waals surface area contributed by atoms with Crippen molar-refractivity contribution in [2.24, 2.45) is 5.73 Å². The lowest BCUT2D eigenvalue weighted by molar-refractivity contribution is -0.125. The second-order valence-electron chi connectivity index (χ2n) is 4.94. The molecule has 0 atom stereocenters. The summed E-state index contributed by atoms with van der Waals surface area (Å²) < 4.78 is 16.2. The van der Waals surface area contributed by atoms with Crippen molar-refractivity contribution in [1.29, 1.82) is 0 Å². The fourth-order valence-electron chi connectivity index (χ4n) is 2.61. The quantitative estimate of drug-likeness (QED) is 0.538. The smallest absolute Gasteiger partial charge is 0.237 e. The summed E-state index contributed by atoms with van der Waals surface area (Å²) in [5.41, 5.74) is 6.54. The Balaban J connectivity index is 2.17. The van der Waals surface area contributed by atoms with E-state index in [2.05, 4.69) is 13.7 Å². The standard InChI is InChI=1S/C13H18FIN4O/c1-17-13(12(16)20)4-6-19(7-5-13)11-3-2-9(14)8-10(11)18-15/h2-3,8,17-18H,4-7H2,1H3,(H2,16,20). The summed E-state index contributed by atoms with van der Waals surface area (Å²) in [5, 5.41) is 3.05. The molecule has 0 aromatic heterocycles. The SMILES string of the molecule is CNC1(C(N)=O)CCN(c2ccc(F)cc2NI)CC1. The van der Waals surface area contributed by atoms with Gasteiger partial charge in [0.15, 0.2) is 0 Å². The van der Waals surface area contributed by atoms with Gasteiger partial charge in [0.05, 0.1) is 34.2 Å². The minimum Gasteiger partial charge on any atom is -0.370 e. The van der Waals surface area contributed by atoms with Gasteiger partial charge in [0.1, 0.15) is 11.4 Å². The normalized spacial score (nSPS) is 17.9.